The minimum atomic E-state index is 0.0288. The second-order valence-electron chi connectivity index (χ2n) is 9.15. The predicted molar refractivity (Wildman–Crippen MR) is 122 cm³/mol. The summed E-state index contributed by atoms with van der Waals surface area (Å²) < 4.78 is 0. The number of aryl methyl sites for hydroxylation is 1. The number of likely N-dealkylation sites (tertiary alicyclic amines) is 2. The minimum absolute atomic E-state index is 0.0288. The molecule has 32 heavy (non-hydrogen) atoms. The topological polar surface area (TPSA) is 69.6 Å². The van der Waals surface area contributed by atoms with Crippen molar-refractivity contribution in [3.05, 3.63) is 53.0 Å². The van der Waals surface area contributed by atoms with Crippen LogP contribution in [0.2, 0.25) is 0 Å². The Labute approximate surface area is 189 Å². The lowest BCUT2D eigenvalue weighted by Gasteiger charge is -2.31. The van der Waals surface area contributed by atoms with Crippen LogP contribution in [0.1, 0.15) is 60.8 Å². The van der Waals surface area contributed by atoms with E-state index in [1.807, 2.05) is 47.1 Å². The minimum Gasteiger partial charge on any atom is -0.342 e. The van der Waals surface area contributed by atoms with Crippen molar-refractivity contribution >= 4 is 17.6 Å². The molecular weight excluding hydrogens is 402 g/mol. The lowest BCUT2D eigenvalue weighted by Crippen LogP contribution is -2.39. The summed E-state index contributed by atoms with van der Waals surface area (Å²) in [7, 11) is 0. The van der Waals surface area contributed by atoms with Gasteiger partial charge in [0.2, 0.25) is 11.8 Å². The van der Waals surface area contributed by atoms with Gasteiger partial charge in [0.05, 0.1) is 19.1 Å². The van der Waals surface area contributed by atoms with Gasteiger partial charge in [-0.15, -0.1) is 0 Å². The highest BCUT2D eigenvalue weighted by atomic mass is 16.2. The van der Waals surface area contributed by atoms with E-state index < -0.39 is 0 Å². The van der Waals surface area contributed by atoms with Crippen LogP contribution in [0.4, 0.5) is 5.82 Å². The summed E-state index contributed by atoms with van der Waals surface area (Å²) in [5.74, 6) is 1.83. The Balaban J connectivity index is 1.42. The van der Waals surface area contributed by atoms with E-state index in [-0.39, 0.29) is 17.9 Å². The molecule has 7 heteroatoms. The fourth-order valence-corrected chi connectivity index (χ4v) is 5.23. The molecule has 0 radical (unpaired) electrons. The van der Waals surface area contributed by atoms with Gasteiger partial charge in [-0.05, 0) is 51.1 Å². The normalized spacial score (nSPS) is 21.3. The number of aromatic nitrogens is 2. The highest BCUT2D eigenvalue weighted by Crippen LogP contribution is 2.35. The smallest absolute Gasteiger partial charge is 0.236 e. The van der Waals surface area contributed by atoms with Gasteiger partial charge in [0, 0.05) is 30.8 Å². The van der Waals surface area contributed by atoms with Crippen LogP contribution in [-0.4, -0.2) is 57.8 Å². The lowest BCUT2D eigenvalue weighted by molar-refractivity contribution is -0.131. The predicted octanol–water partition coefficient (Wildman–Crippen LogP) is 3.02. The molecule has 0 saturated carbocycles. The third-order valence-electron chi connectivity index (χ3n) is 7.00. The molecule has 5 rings (SSSR count). The molecule has 0 aliphatic carbocycles. The lowest BCUT2D eigenvalue weighted by atomic mass is 10.0. The van der Waals surface area contributed by atoms with Gasteiger partial charge in [-0.3, -0.25) is 19.4 Å². The van der Waals surface area contributed by atoms with Crippen molar-refractivity contribution < 1.29 is 9.59 Å². The van der Waals surface area contributed by atoms with Gasteiger partial charge >= 0.3 is 0 Å². The van der Waals surface area contributed by atoms with Gasteiger partial charge in [-0.2, -0.15) is 0 Å². The van der Waals surface area contributed by atoms with Crippen molar-refractivity contribution in [2.45, 2.75) is 58.0 Å². The van der Waals surface area contributed by atoms with Gasteiger partial charge in [0.15, 0.2) is 0 Å². The molecule has 1 aromatic heterocycles. The van der Waals surface area contributed by atoms with E-state index in [4.69, 9.17) is 9.97 Å². The number of nitrogens with zero attached hydrogens (tertiary/aromatic N) is 5. The third-order valence-corrected chi connectivity index (χ3v) is 7.00. The van der Waals surface area contributed by atoms with Crippen molar-refractivity contribution in [2.24, 2.45) is 0 Å². The molecule has 1 atom stereocenters. The molecule has 2 aromatic rings. The Morgan fingerprint density at radius 1 is 1.03 bits per heavy atom. The number of rotatable bonds is 5. The monoisotopic (exact) mass is 433 g/mol. The van der Waals surface area contributed by atoms with Crippen molar-refractivity contribution in [3.8, 4) is 0 Å². The van der Waals surface area contributed by atoms with Crippen LogP contribution in [0.25, 0.3) is 0 Å². The van der Waals surface area contributed by atoms with Crippen molar-refractivity contribution in [1.29, 1.82) is 0 Å². The molecule has 0 spiro atoms. The number of amides is 2. The Kier molecular flexibility index (Phi) is 5.91. The van der Waals surface area contributed by atoms with Gasteiger partial charge in [-0.1, -0.05) is 30.3 Å². The van der Waals surface area contributed by atoms with E-state index in [0.29, 0.717) is 25.9 Å². The number of benzene rings is 1. The van der Waals surface area contributed by atoms with Gasteiger partial charge in [-0.25, -0.2) is 9.97 Å². The van der Waals surface area contributed by atoms with Gasteiger partial charge in [0.1, 0.15) is 11.6 Å². The third kappa shape index (κ3) is 4.13. The molecule has 7 nitrogen and oxygen atoms in total. The summed E-state index contributed by atoms with van der Waals surface area (Å²) in [6.45, 7) is 5.61. The van der Waals surface area contributed by atoms with E-state index in [2.05, 4.69) is 4.90 Å². The van der Waals surface area contributed by atoms with E-state index in [1.54, 1.807) is 0 Å². The number of carbonyl (C=O) groups is 2. The maximum atomic E-state index is 12.9. The first kappa shape index (κ1) is 21.1. The fourth-order valence-electron chi connectivity index (χ4n) is 5.23. The summed E-state index contributed by atoms with van der Waals surface area (Å²) in [6, 6.07) is 10.1. The Hall–Kier alpha value is -2.80. The molecular formula is C25H31N5O2. The molecule has 3 aliphatic heterocycles. The molecule has 168 valence electrons. The molecule has 0 N–H and O–H groups in total. The number of hydrogen-bond donors (Lipinski definition) is 0. The first-order chi connectivity index (χ1) is 15.6. The molecule has 2 fully saturated rings. The second-order valence-corrected chi connectivity index (χ2v) is 9.15. The number of hydrogen-bond acceptors (Lipinski definition) is 5. The Morgan fingerprint density at radius 3 is 2.59 bits per heavy atom. The average Bonchev–Trinajstić information content (AvgIpc) is 3.49. The number of anilines is 1. The summed E-state index contributed by atoms with van der Waals surface area (Å²) in [4.78, 5) is 41.5. The molecule has 0 unspecified atom stereocenters. The van der Waals surface area contributed by atoms with Crippen LogP contribution in [-0.2, 0) is 22.6 Å². The Bertz CT molecular complexity index is 1000. The van der Waals surface area contributed by atoms with E-state index in [9.17, 15) is 9.59 Å². The maximum Gasteiger partial charge on any atom is 0.236 e. The zero-order valence-electron chi connectivity index (χ0n) is 18.8. The molecule has 0 bridgehead atoms. The van der Waals surface area contributed by atoms with Crippen LogP contribution >= 0.6 is 0 Å². The van der Waals surface area contributed by atoms with Crippen LogP contribution in [0.5, 0.6) is 0 Å². The van der Waals surface area contributed by atoms with E-state index >= 15 is 0 Å². The quantitative estimate of drug-likeness (QED) is 0.725. The summed E-state index contributed by atoms with van der Waals surface area (Å²) in [6.07, 6.45) is 5.36. The zero-order valence-corrected chi connectivity index (χ0v) is 18.8. The van der Waals surface area contributed by atoms with E-state index in [1.165, 1.54) is 0 Å². The van der Waals surface area contributed by atoms with Crippen LogP contribution in [0.15, 0.2) is 30.3 Å². The van der Waals surface area contributed by atoms with Crippen molar-refractivity contribution in [1.82, 2.24) is 19.8 Å². The summed E-state index contributed by atoms with van der Waals surface area (Å²) in [5.41, 5.74) is 3.11. The first-order valence-corrected chi connectivity index (χ1v) is 11.8. The van der Waals surface area contributed by atoms with Crippen molar-refractivity contribution in [3.63, 3.8) is 0 Å². The first-order valence-electron chi connectivity index (χ1n) is 11.8. The number of fused-ring (bicyclic) bond motifs is 1. The highest BCUT2D eigenvalue weighted by molar-refractivity contribution is 5.95. The van der Waals surface area contributed by atoms with Crippen LogP contribution < -0.4 is 4.90 Å². The molecule has 2 saturated heterocycles. The largest absolute Gasteiger partial charge is 0.342 e. The van der Waals surface area contributed by atoms with Crippen molar-refractivity contribution in [2.75, 3.05) is 31.1 Å². The molecule has 1 aromatic carbocycles. The standard InChI is InChI=1S/C25H31N5O2/c1-18-20-11-12-22(31)30(16-19-8-3-2-4-9-19)25(20)27-24(26-18)21-10-7-15-29(21)17-23(32)28-13-5-6-14-28/h2-4,8-9,21H,5-7,10-17H2,1H3/t21-/m0/s1. The van der Waals surface area contributed by atoms with Crippen LogP contribution in [0.3, 0.4) is 0 Å². The Morgan fingerprint density at radius 2 is 1.81 bits per heavy atom. The molecule has 3 aliphatic rings. The fraction of sp³-hybridized carbons (Fsp3) is 0.520. The highest BCUT2D eigenvalue weighted by Gasteiger charge is 2.34. The maximum absolute atomic E-state index is 12.9. The average molecular weight is 434 g/mol. The summed E-state index contributed by atoms with van der Waals surface area (Å²) >= 11 is 0. The zero-order chi connectivity index (χ0) is 22.1. The van der Waals surface area contributed by atoms with Crippen LogP contribution in [0, 0.1) is 6.92 Å². The summed E-state index contributed by atoms with van der Waals surface area (Å²) in [5, 5.41) is 0. The van der Waals surface area contributed by atoms with E-state index in [0.717, 1.165) is 73.8 Å². The number of carbonyl (C=O) groups excluding carboxylic acids is 2. The second kappa shape index (κ2) is 8.98. The molecule has 2 amide bonds. The van der Waals surface area contributed by atoms with Gasteiger partial charge in [0.25, 0.3) is 0 Å². The SMILES string of the molecule is Cc1nc([C@@H]2CCCN2CC(=O)N2CCCC2)nc2c1CCC(=O)N2Cc1ccccc1. The van der Waals surface area contributed by atoms with Gasteiger partial charge < -0.3 is 4.90 Å². The molecule has 4 heterocycles.